The van der Waals surface area contributed by atoms with Gasteiger partial charge < -0.3 is 5.32 Å². The first-order valence-electron chi connectivity index (χ1n) is 12.0. The molecule has 0 aliphatic carbocycles. The van der Waals surface area contributed by atoms with Crippen molar-refractivity contribution in [2.24, 2.45) is 0 Å². The highest BCUT2D eigenvalue weighted by atomic mass is 79.9. The molecule has 190 valence electrons. The minimum atomic E-state index is -3.64. The predicted molar refractivity (Wildman–Crippen MR) is 147 cm³/mol. The molecule has 36 heavy (non-hydrogen) atoms. The van der Waals surface area contributed by atoms with Crippen molar-refractivity contribution in [3.63, 3.8) is 0 Å². The molecule has 1 atom stereocenters. The van der Waals surface area contributed by atoms with Crippen LogP contribution in [0.4, 0.5) is 5.82 Å². The smallest absolute Gasteiger partial charge is 0.243 e. The lowest BCUT2D eigenvalue weighted by Crippen LogP contribution is -2.40. The fraction of sp³-hybridized carbons (Fsp3) is 0.346. The van der Waals surface area contributed by atoms with Gasteiger partial charge in [-0.1, -0.05) is 18.2 Å². The number of sulfonamides is 1. The van der Waals surface area contributed by atoms with Crippen LogP contribution in [0.15, 0.2) is 76.5 Å². The van der Waals surface area contributed by atoms with E-state index in [2.05, 4.69) is 37.9 Å². The maximum Gasteiger partial charge on any atom is 0.243 e. The fourth-order valence-corrected chi connectivity index (χ4v) is 6.65. The third kappa shape index (κ3) is 5.61. The van der Waals surface area contributed by atoms with E-state index in [1.54, 1.807) is 39.4 Å². The fourth-order valence-electron chi connectivity index (χ4n) is 4.44. The van der Waals surface area contributed by atoms with E-state index < -0.39 is 10.0 Å². The highest BCUT2D eigenvalue weighted by molar-refractivity contribution is 9.10. The molecule has 3 aromatic rings. The van der Waals surface area contributed by atoms with Crippen LogP contribution in [-0.4, -0.2) is 45.4 Å². The number of fused-ring (bicyclic) bond motifs is 1. The van der Waals surface area contributed by atoms with Gasteiger partial charge in [0, 0.05) is 44.0 Å². The molecule has 0 aromatic carbocycles. The Morgan fingerprint density at radius 2 is 2.19 bits per heavy atom. The van der Waals surface area contributed by atoms with E-state index in [1.165, 1.54) is 0 Å². The topological polar surface area (TPSA) is 92.5 Å². The van der Waals surface area contributed by atoms with Crippen molar-refractivity contribution >= 4 is 37.4 Å². The molecule has 4 rings (SSSR count). The summed E-state index contributed by atoms with van der Waals surface area (Å²) in [5.74, 6) is 0.756. The molecule has 0 amide bonds. The zero-order valence-electron chi connectivity index (χ0n) is 20.6. The van der Waals surface area contributed by atoms with Crippen molar-refractivity contribution in [3.05, 3.63) is 87.8 Å². The second-order valence-corrected chi connectivity index (χ2v) is 11.6. The van der Waals surface area contributed by atoms with Crippen LogP contribution in [0.5, 0.6) is 0 Å². The Hall–Kier alpha value is -2.82. The Balaban J connectivity index is 1.65. The lowest BCUT2D eigenvalue weighted by Gasteiger charge is -2.32. The van der Waals surface area contributed by atoms with Gasteiger partial charge in [0.15, 0.2) is 5.65 Å². The van der Waals surface area contributed by atoms with Crippen LogP contribution < -0.4 is 5.32 Å². The van der Waals surface area contributed by atoms with Crippen molar-refractivity contribution in [1.82, 2.24) is 23.9 Å². The molecule has 8 nitrogen and oxygen atoms in total. The standard InChI is InChI=1S/C26H31BrN6O2S/c1-4-8-19(3)24(9-5-2)36(34,35)32-13-7-11-21(18-32)23-14-25(29-16-20-10-6-12-28-15-20)33-26(31-23)22(27)17-30-33/h4-6,9-10,12,14-15,17,21,29H,1,7-8,11,13,16,18H2,2-3H3/b9-5-,24-19+. The second kappa shape index (κ2) is 11.5. The predicted octanol–water partition coefficient (Wildman–Crippen LogP) is 5.43. The number of hydrogen-bond acceptors (Lipinski definition) is 6. The molecular formula is C26H31BrN6O2S. The number of anilines is 1. The Morgan fingerprint density at radius 1 is 1.36 bits per heavy atom. The average Bonchev–Trinajstić information content (AvgIpc) is 3.27. The number of nitrogens with one attached hydrogen (secondary N) is 1. The molecule has 1 fully saturated rings. The van der Waals surface area contributed by atoms with Gasteiger partial charge >= 0.3 is 0 Å². The van der Waals surface area contributed by atoms with Crippen LogP contribution in [0.25, 0.3) is 5.65 Å². The normalized spacial score (nSPS) is 17.9. The van der Waals surface area contributed by atoms with Gasteiger partial charge in [0.2, 0.25) is 10.0 Å². The van der Waals surface area contributed by atoms with Crippen LogP contribution in [-0.2, 0) is 16.6 Å². The number of allylic oxidation sites excluding steroid dienone is 4. The number of halogens is 1. The molecule has 0 spiro atoms. The van der Waals surface area contributed by atoms with Gasteiger partial charge in [0.1, 0.15) is 5.82 Å². The summed E-state index contributed by atoms with van der Waals surface area (Å²) < 4.78 is 31.4. The molecule has 0 bridgehead atoms. The summed E-state index contributed by atoms with van der Waals surface area (Å²) in [6.45, 7) is 8.89. The highest BCUT2D eigenvalue weighted by Crippen LogP contribution is 2.33. The summed E-state index contributed by atoms with van der Waals surface area (Å²) >= 11 is 3.55. The molecule has 0 radical (unpaired) electrons. The Labute approximate surface area is 221 Å². The summed E-state index contributed by atoms with van der Waals surface area (Å²) in [4.78, 5) is 9.41. The Bertz CT molecular complexity index is 1400. The Morgan fingerprint density at radius 3 is 2.92 bits per heavy atom. The van der Waals surface area contributed by atoms with Gasteiger partial charge in [-0.15, -0.1) is 6.58 Å². The highest BCUT2D eigenvalue weighted by Gasteiger charge is 2.33. The molecule has 1 saturated heterocycles. The van der Waals surface area contributed by atoms with E-state index in [0.29, 0.717) is 36.6 Å². The van der Waals surface area contributed by atoms with Crippen molar-refractivity contribution in [3.8, 4) is 0 Å². The molecule has 4 heterocycles. The monoisotopic (exact) mass is 570 g/mol. The van der Waals surface area contributed by atoms with Gasteiger partial charge in [-0.2, -0.15) is 13.9 Å². The van der Waals surface area contributed by atoms with Gasteiger partial charge in [0.05, 0.1) is 21.3 Å². The van der Waals surface area contributed by atoms with Crippen molar-refractivity contribution in [2.75, 3.05) is 18.4 Å². The molecule has 1 aliphatic heterocycles. The van der Waals surface area contributed by atoms with Crippen LogP contribution in [0, 0.1) is 0 Å². The quantitative estimate of drug-likeness (QED) is 0.272. The van der Waals surface area contributed by atoms with E-state index in [-0.39, 0.29) is 5.92 Å². The minimum Gasteiger partial charge on any atom is -0.366 e. The lowest BCUT2D eigenvalue weighted by molar-refractivity contribution is 0.315. The number of piperidine rings is 1. The first kappa shape index (κ1) is 26.2. The number of nitrogens with zero attached hydrogens (tertiary/aromatic N) is 5. The first-order valence-corrected chi connectivity index (χ1v) is 14.2. The molecule has 10 heteroatoms. The Kier molecular flexibility index (Phi) is 8.38. The SMILES string of the molecule is C=CC/C(C)=C(\C=C/C)S(=O)(=O)N1CCCC(c2cc(NCc3cccnc3)n3ncc(Br)c3n2)C1. The largest absolute Gasteiger partial charge is 0.366 e. The average molecular weight is 572 g/mol. The molecule has 1 unspecified atom stereocenters. The zero-order valence-corrected chi connectivity index (χ0v) is 23.0. The number of pyridine rings is 1. The van der Waals surface area contributed by atoms with Crippen LogP contribution in [0.2, 0.25) is 0 Å². The van der Waals surface area contributed by atoms with E-state index in [4.69, 9.17) is 4.98 Å². The van der Waals surface area contributed by atoms with Crippen molar-refractivity contribution in [1.29, 1.82) is 0 Å². The third-order valence-corrected chi connectivity index (χ3v) is 8.87. The van der Waals surface area contributed by atoms with E-state index in [9.17, 15) is 8.42 Å². The summed E-state index contributed by atoms with van der Waals surface area (Å²) in [5.41, 5.74) is 3.37. The summed E-state index contributed by atoms with van der Waals surface area (Å²) in [7, 11) is -3.64. The maximum atomic E-state index is 13.6. The van der Waals surface area contributed by atoms with E-state index in [0.717, 1.165) is 40.0 Å². The van der Waals surface area contributed by atoms with Crippen molar-refractivity contribution in [2.45, 2.75) is 45.6 Å². The van der Waals surface area contributed by atoms with Crippen LogP contribution in [0.3, 0.4) is 0 Å². The number of hydrogen-bond donors (Lipinski definition) is 1. The molecule has 1 N–H and O–H groups in total. The van der Waals surface area contributed by atoms with Gasteiger partial charge in [-0.3, -0.25) is 4.98 Å². The van der Waals surface area contributed by atoms with Gasteiger partial charge in [0.25, 0.3) is 0 Å². The van der Waals surface area contributed by atoms with Gasteiger partial charge in [-0.05, 0) is 72.3 Å². The summed E-state index contributed by atoms with van der Waals surface area (Å²) in [6, 6.07) is 5.89. The van der Waals surface area contributed by atoms with Crippen LogP contribution in [0.1, 0.15) is 50.3 Å². The molecule has 1 aliphatic rings. The molecule has 0 saturated carbocycles. The number of aromatic nitrogens is 4. The second-order valence-electron chi connectivity index (χ2n) is 8.85. The first-order chi connectivity index (χ1) is 17.3. The van der Waals surface area contributed by atoms with Crippen molar-refractivity contribution < 1.29 is 8.42 Å². The number of rotatable bonds is 9. The lowest BCUT2D eigenvalue weighted by atomic mass is 9.96. The maximum absolute atomic E-state index is 13.6. The summed E-state index contributed by atoms with van der Waals surface area (Å²) in [5, 5.41) is 7.90. The van der Waals surface area contributed by atoms with E-state index >= 15 is 0 Å². The minimum absolute atomic E-state index is 0.0363. The van der Waals surface area contributed by atoms with Gasteiger partial charge in [-0.25, -0.2) is 13.4 Å². The van der Waals surface area contributed by atoms with E-state index in [1.807, 2.05) is 38.2 Å². The molecule has 3 aromatic heterocycles. The van der Waals surface area contributed by atoms with Crippen LogP contribution >= 0.6 is 15.9 Å². The third-order valence-electron chi connectivity index (χ3n) is 6.25. The summed E-state index contributed by atoms with van der Waals surface area (Å²) in [6.07, 6.45) is 12.6. The molecular weight excluding hydrogens is 540 g/mol. The zero-order chi connectivity index (χ0) is 25.7.